The summed E-state index contributed by atoms with van der Waals surface area (Å²) in [5, 5.41) is 42.1. The van der Waals surface area contributed by atoms with Crippen LogP contribution in [0, 0.1) is 0 Å². The minimum absolute atomic E-state index is 0.167. The summed E-state index contributed by atoms with van der Waals surface area (Å²) in [7, 11) is 5.66. The van der Waals surface area contributed by atoms with Crippen LogP contribution >= 0.6 is 0 Å². The molecule has 0 spiro atoms. The molecule has 0 aromatic rings. The van der Waals surface area contributed by atoms with Gasteiger partial charge in [-0.3, -0.25) is 19.2 Å². The molecule has 0 aliphatic rings. The first-order valence-electron chi connectivity index (χ1n) is 9.77. The summed E-state index contributed by atoms with van der Waals surface area (Å²) < 4.78 is 0.550. The lowest BCUT2D eigenvalue weighted by atomic mass is 10.2. The van der Waals surface area contributed by atoms with Gasteiger partial charge in [-0.1, -0.05) is 6.92 Å². The van der Waals surface area contributed by atoms with Crippen molar-refractivity contribution in [3.05, 3.63) is 0 Å². The summed E-state index contributed by atoms with van der Waals surface area (Å²) in [6, 6.07) is 0. The van der Waals surface area contributed by atoms with E-state index in [1.165, 1.54) is 20.8 Å². The van der Waals surface area contributed by atoms with Crippen LogP contribution in [0.1, 0.15) is 53.9 Å². The van der Waals surface area contributed by atoms with E-state index in [0.29, 0.717) is 17.4 Å². The van der Waals surface area contributed by atoms with Gasteiger partial charge in [0.05, 0.1) is 21.1 Å². The van der Waals surface area contributed by atoms with E-state index in [-0.39, 0.29) is 18.1 Å². The van der Waals surface area contributed by atoms with Crippen LogP contribution in [0.4, 0.5) is 0 Å². The molecule has 1 unspecified atom stereocenters. The van der Waals surface area contributed by atoms with Gasteiger partial charge in [-0.25, -0.2) is 0 Å². The first-order chi connectivity index (χ1) is 15.0. The molecule has 1 atom stereocenters. The maximum atomic E-state index is 10.0. The number of likely N-dealkylation sites (N-methyl/N-ethyl adjacent to an activating group) is 1. The lowest BCUT2D eigenvalue weighted by Crippen LogP contribution is -2.43. The SMILES string of the molecule is CC(=O)O.CC(C)=O.CC(N)=O.CCCC(=O)O.C[N+](C)(C)CC(O)CC(=O)[O-].NC(=O)CO. The number of primary amides is 2. The van der Waals surface area contributed by atoms with Crippen molar-refractivity contribution in [2.45, 2.75) is 60.0 Å². The summed E-state index contributed by atoms with van der Waals surface area (Å²) >= 11 is 0. The molecule has 0 aromatic carbocycles. The average molecular weight is 502 g/mol. The molecule has 0 fully saturated rings. The number of quaternary nitrogens is 1. The first-order valence-corrected chi connectivity index (χ1v) is 9.77. The van der Waals surface area contributed by atoms with Crippen molar-refractivity contribution >= 4 is 35.5 Å². The van der Waals surface area contributed by atoms with Gasteiger partial charge in [-0.15, -0.1) is 0 Å². The number of aliphatic carboxylic acids is 3. The second-order valence-corrected chi connectivity index (χ2v) is 7.51. The van der Waals surface area contributed by atoms with Crippen LogP contribution in [0.15, 0.2) is 0 Å². The van der Waals surface area contributed by atoms with Gasteiger partial charge in [0.25, 0.3) is 5.97 Å². The molecule has 0 bridgehead atoms. The Bertz CT molecular complexity index is 534. The summed E-state index contributed by atoms with van der Waals surface area (Å²) in [6.07, 6.45) is -0.0646. The van der Waals surface area contributed by atoms with Crippen molar-refractivity contribution in [3.8, 4) is 0 Å². The highest BCUT2D eigenvalue weighted by Gasteiger charge is 2.14. The highest BCUT2D eigenvalue weighted by atomic mass is 16.4. The maximum absolute atomic E-state index is 10.0. The smallest absolute Gasteiger partial charge is 0.303 e. The summed E-state index contributed by atoms with van der Waals surface area (Å²) in [4.78, 5) is 56.6. The van der Waals surface area contributed by atoms with E-state index in [1.54, 1.807) is 0 Å². The molecule has 14 nitrogen and oxygen atoms in total. The lowest BCUT2D eigenvalue weighted by molar-refractivity contribution is -0.873. The Morgan fingerprint density at radius 2 is 1.18 bits per heavy atom. The van der Waals surface area contributed by atoms with E-state index in [0.717, 1.165) is 13.3 Å². The largest absolute Gasteiger partial charge is 0.550 e. The molecular formula is C20H43N3O11. The van der Waals surface area contributed by atoms with E-state index in [4.69, 9.17) is 25.2 Å². The Kier molecular flexibility index (Phi) is 39.2. The third-order valence-corrected chi connectivity index (χ3v) is 1.78. The Balaban J connectivity index is -0.0000000736. The molecule has 0 aliphatic carbocycles. The Morgan fingerprint density at radius 3 is 1.26 bits per heavy atom. The number of hydrogen-bond donors (Lipinski definition) is 6. The van der Waals surface area contributed by atoms with E-state index in [1.807, 2.05) is 28.1 Å². The molecule has 0 aliphatic heterocycles. The molecule has 0 radical (unpaired) electrons. The van der Waals surface area contributed by atoms with Crippen LogP contribution in [-0.4, -0.2) is 101 Å². The molecule has 0 rings (SSSR count). The normalized spacial score (nSPS) is 9.47. The highest BCUT2D eigenvalue weighted by molar-refractivity contribution is 5.74. The minimum Gasteiger partial charge on any atom is -0.550 e. The van der Waals surface area contributed by atoms with Crippen LogP contribution < -0.4 is 16.6 Å². The van der Waals surface area contributed by atoms with Gasteiger partial charge in [0.1, 0.15) is 25.0 Å². The predicted molar refractivity (Wildman–Crippen MR) is 122 cm³/mol. The molecule has 204 valence electrons. The first kappa shape index (κ1) is 44.6. The number of Topliss-reactive ketones (excluding diaryl/α,β-unsaturated/α-hetero) is 1. The van der Waals surface area contributed by atoms with Gasteiger partial charge in [0, 0.05) is 32.7 Å². The summed E-state index contributed by atoms with van der Waals surface area (Å²) in [6.45, 7) is 7.15. The number of rotatable bonds is 7. The van der Waals surface area contributed by atoms with Crippen molar-refractivity contribution < 1.29 is 58.8 Å². The van der Waals surface area contributed by atoms with Gasteiger partial charge in [-0.05, 0) is 20.3 Å². The standard InChI is InChI=1S/C7H15NO3.C4H8O2.C3H6O.C2H5NO2.C2H5NO.C2H4O2/c1-8(2,3)5-6(9)4-7(10)11;1-2-3-4(5)6;1-3(2)4;3-2(5)1-4;2*1-2(3)4/h6,9H,4-5H2,1-3H3;2-3H2,1H3,(H,5,6);1-2H3;4H,1H2,(H2,3,5);1H3,(H2,3,4);1H3,(H,3,4). The molecule has 0 saturated heterocycles. The van der Waals surface area contributed by atoms with Crippen molar-refractivity contribution in [1.29, 1.82) is 0 Å². The Hall–Kier alpha value is -3.10. The second kappa shape index (κ2) is 29.9. The van der Waals surface area contributed by atoms with Crippen molar-refractivity contribution in [1.82, 2.24) is 0 Å². The molecule has 0 aromatic heterocycles. The topological polar surface area (TPSA) is 258 Å². The van der Waals surface area contributed by atoms with Crippen molar-refractivity contribution in [3.63, 3.8) is 0 Å². The van der Waals surface area contributed by atoms with Crippen molar-refractivity contribution in [2.75, 3.05) is 34.3 Å². The number of hydrogen-bond acceptors (Lipinski definition) is 9. The maximum Gasteiger partial charge on any atom is 0.303 e. The molecular weight excluding hydrogens is 458 g/mol. The van der Waals surface area contributed by atoms with E-state index >= 15 is 0 Å². The molecule has 8 N–H and O–H groups in total. The van der Waals surface area contributed by atoms with E-state index in [9.17, 15) is 29.1 Å². The fraction of sp³-hybridized carbons (Fsp3) is 0.700. The van der Waals surface area contributed by atoms with Gasteiger partial charge < -0.3 is 51.1 Å². The van der Waals surface area contributed by atoms with Crippen LogP contribution in [0.2, 0.25) is 0 Å². The van der Waals surface area contributed by atoms with Gasteiger partial charge >= 0.3 is 5.97 Å². The second-order valence-electron chi connectivity index (χ2n) is 7.51. The zero-order chi connectivity index (χ0) is 29.1. The predicted octanol–water partition coefficient (Wildman–Crippen LogP) is -2.29. The quantitative estimate of drug-likeness (QED) is 0.202. The van der Waals surface area contributed by atoms with E-state index < -0.39 is 36.5 Å². The third-order valence-electron chi connectivity index (χ3n) is 1.78. The number of carboxylic acids is 3. The van der Waals surface area contributed by atoms with Crippen LogP contribution in [-0.2, 0) is 28.8 Å². The fourth-order valence-electron chi connectivity index (χ4n) is 1.10. The van der Waals surface area contributed by atoms with Gasteiger partial charge in [0.2, 0.25) is 11.8 Å². The number of nitrogens with two attached hydrogens (primary N) is 2. The minimum atomic E-state index is -1.20. The summed E-state index contributed by atoms with van der Waals surface area (Å²) in [5.74, 6) is -3.60. The number of carbonyl (C=O) groups excluding carboxylic acids is 4. The zero-order valence-corrected chi connectivity index (χ0v) is 21.4. The van der Waals surface area contributed by atoms with Gasteiger partial charge in [0.15, 0.2) is 0 Å². The van der Waals surface area contributed by atoms with Gasteiger partial charge in [-0.2, -0.15) is 0 Å². The number of aliphatic hydroxyl groups is 2. The Labute approximate surface area is 200 Å². The molecule has 0 heterocycles. The number of carbonyl (C=O) groups is 6. The molecule has 0 saturated carbocycles. The Morgan fingerprint density at radius 1 is 0.912 bits per heavy atom. The number of amides is 2. The fourth-order valence-corrected chi connectivity index (χ4v) is 1.10. The third kappa shape index (κ3) is 189. The highest BCUT2D eigenvalue weighted by Crippen LogP contribution is 1.97. The molecule has 2 amide bonds. The number of aliphatic hydroxyl groups excluding tert-OH is 2. The van der Waals surface area contributed by atoms with Crippen LogP contribution in [0.3, 0.4) is 0 Å². The number of carboxylic acid groups (broad SMARTS) is 3. The average Bonchev–Trinajstić information content (AvgIpc) is 2.51. The van der Waals surface area contributed by atoms with Crippen LogP contribution in [0.5, 0.6) is 0 Å². The van der Waals surface area contributed by atoms with Crippen LogP contribution in [0.25, 0.3) is 0 Å². The lowest BCUT2D eigenvalue weighted by Gasteiger charge is -2.26. The monoisotopic (exact) mass is 501 g/mol. The number of nitrogens with zero attached hydrogens (tertiary/aromatic N) is 1. The molecule has 14 heteroatoms. The summed E-state index contributed by atoms with van der Waals surface area (Å²) in [5.41, 5.74) is 8.88. The van der Waals surface area contributed by atoms with Crippen molar-refractivity contribution in [2.24, 2.45) is 11.5 Å². The van der Waals surface area contributed by atoms with E-state index in [2.05, 4.69) is 11.5 Å². The molecule has 34 heavy (non-hydrogen) atoms. The zero-order valence-electron chi connectivity index (χ0n) is 21.4. The number of ketones is 1.